The summed E-state index contributed by atoms with van der Waals surface area (Å²) >= 11 is 4.37. The zero-order valence-electron chi connectivity index (χ0n) is 17.7. The number of hydrogen-bond acceptors (Lipinski definition) is 5. The lowest BCUT2D eigenvalue weighted by atomic mass is 10.1. The van der Waals surface area contributed by atoms with E-state index in [0.717, 1.165) is 33.3 Å². The van der Waals surface area contributed by atoms with Crippen molar-refractivity contribution in [1.82, 2.24) is 4.57 Å². The number of aliphatic hydroxyl groups excluding tert-OH is 1. The summed E-state index contributed by atoms with van der Waals surface area (Å²) in [4.78, 5) is 11.0. The molecule has 33 heavy (non-hydrogen) atoms. The molecule has 1 aromatic heterocycles. The van der Waals surface area contributed by atoms with Crippen LogP contribution < -0.4 is 0 Å². The highest BCUT2D eigenvalue weighted by Gasteiger charge is 2.22. The SMILES string of the molecule is CC(O)n1c(-c2ccccc2)c(N=Nc2c(CI)cc([N+](=O)[O-])cc2CI)c2ccccc21. The molecule has 0 radical (unpaired) electrons. The maximum atomic E-state index is 11.4. The predicted octanol–water partition coefficient (Wildman–Crippen LogP) is 8.01. The minimum absolute atomic E-state index is 0.0583. The number of rotatable bonds is 7. The lowest BCUT2D eigenvalue weighted by Crippen LogP contribution is -2.05. The Morgan fingerprint density at radius 2 is 1.55 bits per heavy atom. The van der Waals surface area contributed by atoms with Gasteiger partial charge in [0.15, 0.2) is 0 Å². The first kappa shape index (κ1) is 23.8. The van der Waals surface area contributed by atoms with Crippen molar-refractivity contribution in [2.24, 2.45) is 10.2 Å². The first-order chi connectivity index (χ1) is 16.0. The van der Waals surface area contributed by atoms with Crippen molar-refractivity contribution in [1.29, 1.82) is 0 Å². The summed E-state index contributed by atoms with van der Waals surface area (Å²) in [6, 6.07) is 20.7. The van der Waals surface area contributed by atoms with Crippen molar-refractivity contribution in [2.75, 3.05) is 0 Å². The summed E-state index contributed by atoms with van der Waals surface area (Å²) in [7, 11) is 0. The average molecular weight is 666 g/mol. The van der Waals surface area contributed by atoms with Crippen LogP contribution in [0.15, 0.2) is 77.0 Å². The van der Waals surface area contributed by atoms with Gasteiger partial charge in [0.05, 0.1) is 21.8 Å². The Morgan fingerprint density at radius 3 is 2.12 bits per heavy atom. The minimum Gasteiger partial charge on any atom is -0.374 e. The van der Waals surface area contributed by atoms with E-state index in [1.165, 1.54) is 0 Å². The fourth-order valence-corrected chi connectivity index (χ4v) is 5.05. The third-order valence-corrected chi connectivity index (χ3v) is 6.95. The van der Waals surface area contributed by atoms with Crippen LogP contribution in [0.4, 0.5) is 17.1 Å². The Hall–Kier alpha value is -2.38. The van der Waals surface area contributed by atoms with Crippen molar-refractivity contribution in [3.8, 4) is 11.3 Å². The molecule has 0 spiro atoms. The van der Waals surface area contributed by atoms with Crippen molar-refractivity contribution in [3.05, 3.63) is 88.0 Å². The molecule has 1 N–H and O–H groups in total. The lowest BCUT2D eigenvalue weighted by molar-refractivity contribution is -0.384. The smallest absolute Gasteiger partial charge is 0.270 e. The molecule has 0 saturated heterocycles. The molecule has 0 aliphatic carbocycles. The molecule has 1 unspecified atom stereocenters. The molecule has 9 heteroatoms. The largest absolute Gasteiger partial charge is 0.374 e. The van der Waals surface area contributed by atoms with E-state index >= 15 is 0 Å². The van der Waals surface area contributed by atoms with E-state index in [4.69, 9.17) is 5.11 Å². The molecule has 0 amide bonds. The van der Waals surface area contributed by atoms with Crippen LogP contribution in [-0.4, -0.2) is 14.6 Å². The van der Waals surface area contributed by atoms with E-state index in [9.17, 15) is 15.2 Å². The van der Waals surface area contributed by atoms with Gasteiger partial charge in [-0.2, -0.15) is 0 Å². The van der Waals surface area contributed by atoms with Gasteiger partial charge in [-0.1, -0.05) is 93.7 Å². The fraction of sp³-hybridized carbons (Fsp3) is 0.167. The van der Waals surface area contributed by atoms with Crippen LogP contribution in [-0.2, 0) is 8.86 Å². The maximum Gasteiger partial charge on any atom is 0.270 e. The summed E-state index contributed by atoms with van der Waals surface area (Å²) < 4.78 is 2.99. The van der Waals surface area contributed by atoms with Gasteiger partial charge in [0.2, 0.25) is 0 Å². The first-order valence-electron chi connectivity index (χ1n) is 10.2. The number of fused-ring (bicyclic) bond motifs is 1. The Morgan fingerprint density at radius 1 is 0.970 bits per heavy atom. The number of nitrogens with zero attached hydrogens (tertiary/aromatic N) is 4. The van der Waals surface area contributed by atoms with Crippen LogP contribution >= 0.6 is 45.2 Å². The van der Waals surface area contributed by atoms with E-state index in [2.05, 4.69) is 50.3 Å². The van der Waals surface area contributed by atoms with Crippen molar-refractivity contribution >= 4 is 73.1 Å². The highest BCUT2D eigenvalue weighted by molar-refractivity contribution is 14.1. The molecule has 0 saturated carbocycles. The molecular weight excluding hydrogens is 646 g/mol. The second-order valence-corrected chi connectivity index (χ2v) is 8.94. The normalized spacial score (nSPS) is 12.5. The minimum atomic E-state index is -0.775. The van der Waals surface area contributed by atoms with Gasteiger partial charge in [0, 0.05) is 31.9 Å². The van der Waals surface area contributed by atoms with Crippen LogP contribution in [0.1, 0.15) is 24.3 Å². The summed E-state index contributed by atoms with van der Waals surface area (Å²) in [5.41, 5.74) is 5.42. The highest BCUT2D eigenvalue weighted by atomic mass is 127. The van der Waals surface area contributed by atoms with Gasteiger partial charge in [0.25, 0.3) is 5.69 Å². The van der Waals surface area contributed by atoms with E-state index in [1.54, 1.807) is 19.1 Å². The molecule has 0 aliphatic rings. The number of non-ortho nitro benzene ring substituents is 1. The summed E-state index contributed by atoms with van der Waals surface area (Å²) in [5.74, 6) is 0. The van der Waals surface area contributed by atoms with Gasteiger partial charge in [-0.15, -0.1) is 10.2 Å². The Balaban J connectivity index is 1.98. The van der Waals surface area contributed by atoms with Crippen molar-refractivity contribution in [2.45, 2.75) is 22.0 Å². The van der Waals surface area contributed by atoms with Gasteiger partial charge >= 0.3 is 0 Å². The molecule has 0 aliphatic heterocycles. The van der Waals surface area contributed by atoms with Crippen molar-refractivity contribution in [3.63, 3.8) is 0 Å². The number of aliphatic hydroxyl groups is 1. The average Bonchev–Trinajstić information content (AvgIpc) is 3.17. The summed E-state index contributed by atoms with van der Waals surface area (Å²) in [6.45, 7) is 1.72. The third-order valence-electron chi connectivity index (χ3n) is 5.31. The molecule has 168 valence electrons. The zero-order valence-corrected chi connectivity index (χ0v) is 22.0. The first-order valence-corrected chi connectivity index (χ1v) is 13.2. The fourth-order valence-electron chi connectivity index (χ4n) is 3.89. The number of nitro benzene ring substituents is 1. The predicted molar refractivity (Wildman–Crippen MR) is 147 cm³/mol. The molecule has 1 atom stereocenters. The molecule has 4 aromatic rings. The molecule has 4 rings (SSSR count). The van der Waals surface area contributed by atoms with E-state index in [1.807, 2.05) is 59.2 Å². The zero-order chi connectivity index (χ0) is 23.5. The Bertz CT molecular complexity index is 1330. The number of hydrogen-bond donors (Lipinski definition) is 1. The van der Waals surface area contributed by atoms with E-state index in [0.29, 0.717) is 20.2 Å². The van der Waals surface area contributed by atoms with E-state index < -0.39 is 6.23 Å². The van der Waals surface area contributed by atoms with Crippen LogP contribution in [0.5, 0.6) is 0 Å². The van der Waals surface area contributed by atoms with Crippen LogP contribution in [0.2, 0.25) is 0 Å². The van der Waals surface area contributed by atoms with Gasteiger partial charge in [-0.05, 0) is 24.1 Å². The number of para-hydroxylation sites is 1. The van der Waals surface area contributed by atoms with Crippen LogP contribution in [0, 0.1) is 10.1 Å². The second-order valence-electron chi connectivity index (χ2n) is 7.42. The molecule has 3 aromatic carbocycles. The monoisotopic (exact) mass is 666 g/mol. The Kier molecular flexibility index (Phi) is 7.39. The van der Waals surface area contributed by atoms with Crippen LogP contribution in [0.25, 0.3) is 22.2 Å². The molecule has 0 fully saturated rings. The number of aromatic nitrogens is 1. The lowest BCUT2D eigenvalue weighted by Gasteiger charge is -2.14. The Labute approximate surface area is 218 Å². The number of halogens is 2. The molecular formula is C24H20I2N4O3. The number of alkyl halides is 2. The number of azo groups is 1. The van der Waals surface area contributed by atoms with Crippen LogP contribution in [0.3, 0.4) is 0 Å². The van der Waals surface area contributed by atoms with Gasteiger partial charge in [-0.3, -0.25) is 10.1 Å². The summed E-state index contributed by atoms with van der Waals surface area (Å²) in [6.07, 6.45) is -0.775. The van der Waals surface area contributed by atoms with Crippen molar-refractivity contribution < 1.29 is 10.0 Å². The highest BCUT2D eigenvalue weighted by Crippen LogP contribution is 2.43. The maximum absolute atomic E-state index is 11.4. The molecule has 0 bridgehead atoms. The van der Waals surface area contributed by atoms with Gasteiger partial charge < -0.3 is 9.67 Å². The third kappa shape index (κ3) is 4.66. The quantitative estimate of drug-likeness (QED) is 0.0713. The number of nitro groups is 1. The molecule has 7 nitrogen and oxygen atoms in total. The number of benzene rings is 3. The topological polar surface area (TPSA) is 93.0 Å². The second kappa shape index (κ2) is 10.3. The molecule has 1 heterocycles. The van der Waals surface area contributed by atoms with Gasteiger partial charge in [-0.25, -0.2) is 0 Å². The summed E-state index contributed by atoms with van der Waals surface area (Å²) in [5, 5.41) is 32.2. The van der Waals surface area contributed by atoms with Gasteiger partial charge in [0.1, 0.15) is 11.9 Å². The standard InChI is InChI=1S/C24H20I2N4O3/c1-15(31)29-21-10-6-5-9-20(21)23(24(29)16-7-3-2-4-8-16)28-27-22-17(13-25)11-19(30(32)33)12-18(22)14-26/h2-12,15,31H,13-14H2,1H3. The van der Waals surface area contributed by atoms with E-state index in [-0.39, 0.29) is 10.6 Å².